The molecule has 0 aliphatic carbocycles. The van der Waals surface area contributed by atoms with E-state index in [0.29, 0.717) is 0 Å². The van der Waals surface area contributed by atoms with Crippen LogP contribution in [0.25, 0.3) is 55.6 Å². The molecule has 40 heavy (non-hydrogen) atoms. The molecule has 0 N–H and O–H groups in total. The summed E-state index contributed by atoms with van der Waals surface area (Å²) in [5.41, 5.74) is 10.2. The van der Waals surface area contributed by atoms with Gasteiger partial charge in [-0.1, -0.05) is 83.2 Å². The van der Waals surface area contributed by atoms with Gasteiger partial charge in [-0.15, -0.1) is 54.1 Å². The molecule has 4 heteroatoms. The minimum Gasteiger partial charge on any atom is -0.500 e. The van der Waals surface area contributed by atoms with E-state index in [1.165, 1.54) is 11.1 Å². The summed E-state index contributed by atoms with van der Waals surface area (Å²) in [5, 5.41) is 2.21. The van der Waals surface area contributed by atoms with Crippen molar-refractivity contribution < 1.29 is 24.5 Å². The first kappa shape index (κ1) is 27.2. The van der Waals surface area contributed by atoms with Gasteiger partial charge in [-0.3, -0.25) is 0 Å². The van der Waals surface area contributed by atoms with Gasteiger partial charge in [-0.2, -0.15) is 0 Å². The summed E-state index contributed by atoms with van der Waals surface area (Å²) in [7, 11) is 0. The number of benzene rings is 4. The van der Waals surface area contributed by atoms with Crippen molar-refractivity contribution in [2.45, 2.75) is 13.8 Å². The number of aryl methyl sites for hydroxylation is 2. The molecule has 3 nitrogen and oxygen atoms in total. The van der Waals surface area contributed by atoms with Gasteiger partial charge < -0.3 is 14.4 Å². The zero-order chi connectivity index (χ0) is 26.6. The largest absolute Gasteiger partial charge is 0.500 e. The Hall–Kier alpha value is -4.37. The normalized spacial score (nSPS) is 10.6. The molecule has 0 aliphatic heterocycles. The van der Waals surface area contributed by atoms with Gasteiger partial charge >= 0.3 is 0 Å². The molecule has 197 valence electrons. The molecule has 4 aromatic carbocycles. The van der Waals surface area contributed by atoms with Crippen molar-refractivity contribution in [3.63, 3.8) is 0 Å². The molecule has 7 aromatic rings. The second kappa shape index (κ2) is 12.2. The molecular weight excluding hydrogens is 669 g/mol. The molecule has 0 spiro atoms. The smallest absolute Gasteiger partial charge is 0.128 e. The predicted molar refractivity (Wildman–Crippen MR) is 159 cm³/mol. The topological polar surface area (TPSA) is 38.9 Å². The second-order valence-electron chi connectivity index (χ2n) is 9.46. The van der Waals surface area contributed by atoms with Gasteiger partial charge in [0.25, 0.3) is 0 Å². The maximum atomic E-state index is 6.39. The van der Waals surface area contributed by atoms with Gasteiger partial charge in [0.2, 0.25) is 0 Å². The van der Waals surface area contributed by atoms with Crippen LogP contribution in [0.15, 0.2) is 126 Å². The maximum Gasteiger partial charge on any atom is 0.128 e. The average molecular weight is 695 g/mol. The van der Waals surface area contributed by atoms with Crippen molar-refractivity contribution in [2.75, 3.05) is 0 Å². The van der Waals surface area contributed by atoms with E-state index in [-0.39, 0.29) is 20.1 Å². The van der Waals surface area contributed by atoms with Crippen LogP contribution in [0.4, 0.5) is 0 Å². The molecule has 0 saturated heterocycles. The third kappa shape index (κ3) is 5.65. The fourth-order valence-corrected chi connectivity index (χ4v) is 4.65. The van der Waals surface area contributed by atoms with Gasteiger partial charge in [-0.05, 0) is 42.4 Å². The SMILES string of the molecule is Cc1ccc(-c2[c-]cccc2)nc1.Cc1ccnc(-c2[c-]ccc3c2oc2c(-c4ccccc4)cccc23)c1.[Ir]. The Morgan fingerprint density at radius 3 is 2.20 bits per heavy atom. The standard InChI is InChI=1S/C24H16NO.C12H10N.Ir/c1-16-13-14-25-22(15-16)21-12-6-11-20-19-10-5-9-18(23(19)26-24(20)21)17-7-3-2-4-8-17;1-10-7-8-12(13-9-10)11-5-3-2-4-6-11;/h2-11,13-15H,1H3;2-5,7-9H,1H3;/q2*-1;. The van der Waals surface area contributed by atoms with Gasteiger partial charge in [0.1, 0.15) is 5.58 Å². The number of aromatic nitrogens is 2. The number of rotatable bonds is 3. The van der Waals surface area contributed by atoms with Crippen molar-refractivity contribution in [3.05, 3.63) is 145 Å². The van der Waals surface area contributed by atoms with E-state index < -0.39 is 0 Å². The Morgan fingerprint density at radius 1 is 0.625 bits per heavy atom. The van der Waals surface area contributed by atoms with E-state index in [1.807, 2.05) is 80.0 Å². The van der Waals surface area contributed by atoms with Crippen LogP contribution in [0, 0.1) is 26.0 Å². The number of fused-ring (bicyclic) bond motifs is 3. The molecule has 0 bridgehead atoms. The molecular formula is C36H26IrN2O-2. The number of furan rings is 1. The molecule has 0 unspecified atom stereocenters. The summed E-state index contributed by atoms with van der Waals surface area (Å²) in [6.45, 7) is 4.10. The number of nitrogens with zero attached hydrogens (tertiary/aromatic N) is 2. The van der Waals surface area contributed by atoms with Gasteiger partial charge in [0.15, 0.2) is 0 Å². The summed E-state index contributed by atoms with van der Waals surface area (Å²) in [4.78, 5) is 8.84. The fraction of sp³-hybridized carbons (Fsp3) is 0.0556. The monoisotopic (exact) mass is 695 g/mol. The van der Waals surface area contributed by atoms with Crippen molar-refractivity contribution in [1.29, 1.82) is 0 Å². The Kier molecular flexibility index (Phi) is 8.31. The molecule has 0 amide bonds. The molecule has 0 aliphatic rings. The minimum absolute atomic E-state index is 0. The first-order valence-corrected chi connectivity index (χ1v) is 12.9. The Balaban J connectivity index is 0.000000195. The van der Waals surface area contributed by atoms with Crippen LogP contribution in [-0.4, -0.2) is 9.97 Å². The van der Waals surface area contributed by atoms with Crippen LogP contribution in [0.2, 0.25) is 0 Å². The number of hydrogen-bond acceptors (Lipinski definition) is 3. The Bertz CT molecular complexity index is 1860. The summed E-state index contributed by atoms with van der Waals surface area (Å²) < 4.78 is 6.39. The van der Waals surface area contributed by atoms with E-state index in [9.17, 15) is 0 Å². The predicted octanol–water partition coefficient (Wildman–Crippen LogP) is 9.28. The van der Waals surface area contributed by atoms with E-state index in [4.69, 9.17) is 4.42 Å². The molecule has 0 saturated carbocycles. The van der Waals surface area contributed by atoms with Crippen LogP contribution < -0.4 is 0 Å². The first-order chi connectivity index (χ1) is 19.2. The van der Waals surface area contributed by atoms with Crippen molar-refractivity contribution in [1.82, 2.24) is 9.97 Å². The molecule has 0 atom stereocenters. The van der Waals surface area contributed by atoms with Crippen LogP contribution >= 0.6 is 0 Å². The Labute approximate surface area is 247 Å². The molecule has 3 aromatic heterocycles. The summed E-state index contributed by atoms with van der Waals surface area (Å²) in [6.07, 6.45) is 3.70. The molecule has 3 heterocycles. The summed E-state index contributed by atoms with van der Waals surface area (Å²) >= 11 is 0. The Morgan fingerprint density at radius 2 is 1.45 bits per heavy atom. The summed E-state index contributed by atoms with van der Waals surface area (Å²) in [5.74, 6) is 0. The molecule has 1 radical (unpaired) electrons. The quantitative estimate of drug-likeness (QED) is 0.173. The van der Waals surface area contributed by atoms with Crippen molar-refractivity contribution in [2.24, 2.45) is 0 Å². The molecule has 0 fully saturated rings. The molecule has 7 rings (SSSR count). The third-order valence-corrected chi connectivity index (χ3v) is 6.61. The third-order valence-electron chi connectivity index (χ3n) is 6.61. The van der Waals surface area contributed by atoms with E-state index in [2.05, 4.69) is 77.6 Å². The first-order valence-electron chi connectivity index (χ1n) is 12.9. The average Bonchev–Trinajstić information content (AvgIpc) is 3.38. The van der Waals surface area contributed by atoms with E-state index in [0.717, 1.165) is 55.6 Å². The van der Waals surface area contributed by atoms with Crippen molar-refractivity contribution >= 4 is 21.9 Å². The fourth-order valence-electron chi connectivity index (χ4n) is 4.65. The second-order valence-corrected chi connectivity index (χ2v) is 9.46. The number of para-hydroxylation sites is 1. The number of pyridine rings is 2. The minimum atomic E-state index is 0. The summed E-state index contributed by atoms with van der Waals surface area (Å²) in [6, 6.07) is 43.1. The van der Waals surface area contributed by atoms with E-state index in [1.54, 1.807) is 0 Å². The maximum absolute atomic E-state index is 6.39. The zero-order valence-corrected chi connectivity index (χ0v) is 24.6. The van der Waals surface area contributed by atoms with Gasteiger partial charge in [-0.25, -0.2) is 0 Å². The van der Waals surface area contributed by atoms with Crippen molar-refractivity contribution in [3.8, 4) is 33.6 Å². The van der Waals surface area contributed by atoms with E-state index >= 15 is 0 Å². The van der Waals surface area contributed by atoms with Crippen LogP contribution in [-0.2, 0) is 20.1 Å². The zero-order valence-electron chi connectivity index (χ0n) is 22.2. The van der Waals surface area contributed by atoms with Gasteiger partial charge in [0, 0.05) is 43.4 Å². The van der Waals surface area contributed by atoms with Gasteiger partial charge in [0.05, 0.1) is 5.58 Å². The van der Waals surface area contributed by atoms with Crippen LogP contribution in [0.1, 0.15) is 11.1 Å². The number of hydrogen-bond donors (Lipinski definition) is 0. The van der Waals surface area contributed by atoms with Crippen LogP contribution in [0.5, 0.6) is 0 Å². The van der Waals surface area contributed by atoms with Crippen LogP contribution in [0.3, 0.4) is 0 Å².